The van der Waals surface area contributed by atoms with E-state index in [9.17, 15) is 9.35 Å². The third-order valence-corrected chi connectivity index (χ3v) is 3.73. The van der Waals surface area contributed by atoms with Crippen molar-refractivity contribution in [3.8, 4) is 0 Å². The Balaban J connectivity index is 2.05. The summed E-state index contributed by atoms with van der Waals surface area (Å²) >= 11 is -1.07. The molecule has 0 aliphatic heterocycles. The lowest BCUT2D eigenvalue weighted by atomic mass is 10.2. The van der Waals surface area contributed by atoms with Crippen molar-refractivity contribution in [1.29, 1.82) is 0 Å². The summed E-state index contributed by atoms with van der Waals surface area (Å²) in [4.78, 5) is 12.6. The lowest BCUT2D eigenvalue weighted by Gasteiger charge is -2.10. The highest BCUT2D eigenvalue weighted by atomic mass is 32.2. The van der Waals surface area contributed by atoms with Crippen LogP contribution in [-0.4, -0.2) is 16.8 Å². The van der Waals surface area contributed by atoms with Crippen molar-refractivity contribution < 1.29 is 9.35 Å². The van der Waals surface area contributed by atoms with Crippen LogP contribution in [0.5, 0.6) is 0 Å². The number of nitrogens with one attached hydrogen (secondary N) is 2. The van der Waals surface area contributed by atoms with Crippen LogP contribution in [0, 0.1) is 6.92 Å². The fourth-order valence-electron chi connectivity index (χ4n) is 1.75. The van der Waals surface area contributed by atoms with Gasteiger partial charge >= 0.3 is 6.03 Å². The highest BCUT2D eigenvalue weighted by Crippen LogP contribution is 2.17. The molecule has 0 aliphatic rings. The summed E-state index contributed by atoms with van der Waals surface area (Å²) in [6.45, 7) is 1.93. The van der Waals surface area contributed by atoms with Crippen molar-refractivity contribution in [2.24, 2.45) is 0 Å². The van der Waals surface area contributed by atoms with Crippen LogP contribution in [0.2, 0.25) is 0 Å². The average molecular weight is 288 g/mol. The molecule has 104 valence electrons. The molecule has 0 aromatic heterocycles. The van der Waals surface area contributed by atoms with E-state index < -0.39 is 11.2 Å². The minimum Gasteiger partial charge on any atom is -0.612 e. The Morgan fingerprint density at radius 2 is 1.85 bits per heavy atom. The second kappa shape index (κ2) is 6.45. The summed E-state index contributed by atoms with van der Waals surface area (Å²) in [7, 11) is 0. The molecule has 1 atom stereocenters. The van der Waals surface area contributed by atoms with E-state index in [-0.39, 0.29) is 6.03 Å². The van der Waals surface area contributed by atoms with E-state index in [1.54, 1.807) is 30.5 Å². The topological polar surface area (TPSA) is 64.2 Å². The molecule has 2 amide bonds. The Morgan fingerprint density at radius 1 is 1.10 bits per heavy atom. The molecule has 2 N–H and O–H groups in total. The van der Waals surface area contributed by atoms with Gasteiger partial charge < -0.3 is 15.2 Å². The number of carbonyl (C=O) groups is 1. The number of para-hydroxylation sites is 1. The predicted molar refractivity (Wildman–Crippen MR) is 82.6 cm³/mol. The lowest BCUT2D eigenvalue weighted by molar-refractivity contribution is 0.262. The van der Waals surface area contributed by atoms with Crippen LogP contribution in [0.1, 0.15) is 5.56 Å². The van der Waals surface area contributed by atoms with Gasteiger partial charge in [0.25, 0.3) is 0 Å². The monoisotopic (exact) mass is 288 g/mol. The van der Waals surface area contributed by atoms with E-state index in [2.05, 4.69) is 10.6 Å². The van der Waals surface area contributed by atoms with Crippen molar-refractivity contribution in [1.82, 2.24) is 0 Å². The van der Waals surface area contributed by atoms with Gasteiger partial charge in [-0.3, -0.25) is 0 Å². The van der Waals surface area contributed by atoms with Crippen LogP contribution >= 0.6 is 0 Å². The fourth-order valence-corrected chi connectivity index (χ4v) is 2.31. The first-order valence-electron chi connectivity index (χ1n) is 6.13. The number of hydrogen-bond acceptors (Lipinski definition) is 2. The smallest absolute Gasteiger partial charge is 0.323 e. The first-order valence-corrected chi connectivity index (χ1v) is 7.69. The third-order valence-electron chi connectivity index (χ3n) is 2.82. The van der Waals surface area contributed by atoms with Gasteiger partial charge in [-0.1, -0.05) is 24.3 Å². The number of aryl methyl sites for hydroxylation is 1. The van der Waals surface area contributed by atoms with Crippen LogP contribution in [0.15, 0.2) is 53.4 Å². The molecular weight excluding hydrogens is 272 g/mol. The molecule has 2 rings (SSSR count). The Kier molecular flexibility index (Phi) is 4.65. The van der Waals surface area contributed by atoms with Gasteiger partial charge in [-0.2, -0.15) is 0 Å². The molecule has 0 fully saturated rings. The molecule has 0 heterocycles. The molecular formula is C15H16N2O2S. The zero-order valence-corrected chi connectivity index (χ0v) is 12.2. The Bertz CT molecular complexity index is 614. The zero-order chi connectivity index (χ0) is 14.5. The average Bonchev–Trinajstić information content (AvgIpc) is 2.41. The van der Waals surface area contributed by atoms with E-state index in [1.165, 1.54) is 0 Å². The fraction of sp³-hybridized carbons (Fsp3) is 0.133. The van der Waals surface area contributed by atoms with E-state index in [0.717, 1.165) is 11.3 Å². The lowest BCUT2D eigenvalue weighted by Crippen LogP contribution is -2.20. The maximum absolute atomic E-state index is 11.9. The van der Waals surface area contributed by atoms with Crippen LogP contribution in [-0.2, 0) is 11.2 Å². The number of urea groups is 1. The maximum Gasteiger partial charge on any atom is 0.323 e. The van der Waals surface area contributed by atoms with Crippen LogP contribution in [0.3, 0.4) is 0 Å². The molecule has 1 unspecified atom stereocenters. The number of rotatable bonds is 3. The van der Waals surface area contributed by atoms with Gasteiger partial charge in [-0.15, -0.1) is 0 Å². The number of anilines is 2. The highest BCUT2D eigenvalue weighted by molar-refractivity contribution is 7.90. The summed E-state index contributed by atoms with van der Waals surface area (Å²) in [5.74, 6) is 0. The van der Waals surface area contributed by atoms with Gasteiger partial charge in [-0.05, 0) is 41.9 Å². The van der Waals surface area contributed by atoms with Crippen LogP contribution in [0.4, 0.5) is 16.2 Å². The van der Waals surface area contributed by atoms with Crippen molar-refractivity contribution in [3.63, 3.8) is 0 Å². The molecule has 0 aliphatic carbocycles. The first kappa shape index (κ1) is 14.4. The number of benzene rings is 2. The van der Waals surface area contributed by atoms with Crippen molar-refractivity contribution in [3.05, 3.63) is 54.1 Å². The normalized spacial score (nSPS) is 11.8. The Labute approximate surface area is 121 Å². The highest BCUT2D eigenvalue weighted by Gasteiger charge is 2.08. The van der Waals surface area contributed by atoms with Gasteiger partial charge in [0.05, 0.1) is 0 Å². The summed E-state index contributed by atoms with van der Waals surface area (Å²) in [6, 6.07) is 14.2. The summed E-state index contributed by atoms with van der Waals surface area (Å²) in [6.07, 6.45) is 1.60. The van der Waals surface area contributed by atoms with E-state index >= 15 is 0 Å². The summed E-state index contributed by atoms with van der Waals surface area (Å²) < 4.78 is 11.4. The molecule has 5 heteroatoms. The minimum absolute atomic E-state index is 0.321. The zero-order valence-electron chi connectivity index (χ0n) is 11.3. The Morgan fingerprint density at radius 3 is 2.55 bits per heavy atom. The predicted octanol–water partition coefficient (Wildman–Crippen LogP) is 3.38. The maximum atomic E-state index is 11.9. The molecule has 0 saturated heterocycles. The van der Waals surface area contributed by atoms with Crippen LogP contribution in [0.25, 0.3) is 0 Å². The van der Waals surface area contributed by atoms with E-state index in [0.29, 0.717) is 10.6 Å². The van der Waals surface area contributed by atoms with Crippen molar-refractivity contribution >= 4 is 28.6 Å². The molecule has 0 radical (unpaired) electrons. The SMILES string of the molecule is Cc1ccccc1NC(=O)Nc1cccc([S+](C)[O-])c1. The molecule has 0 saturated carbocycles. The second-order valence-electron chi connectivity index (χ2n) is 4.38. The Hall–Kier alpha value is -1.98. The molecule has 0 spiro atoms. The standard InChI is InChI=1S/C15H16N2O2S/c1-11-6-3-4-9-14(11)17-15(18)16-12-7-5-8-13(10-12)20(2)19/h3-10H,1-2H3,(H2,16,17,18). The van der Waals surface area contributed by atoms with Gasteiger partial charge in [0, 0.05) is 17.4 Å². The van der Waals surface area contributed by atoms with Crippen molar-refractivity contribution in [2.75, 3.05) is 16.9 Å². The number of hydrogen-bond donors (Lipinski definition) is 2. The summed E-state index contributed by atoms with van der Waals surface area (Å²) in [5, 5.41) is 5.51. The van der Waals surface area contributed by atoms with Gasteiger partial charge in [0.2, 0.25) is 0 Å². The van der Waals surface area contributed by atoms with Crippen molar-refractivity contribution in [2.45, 2.75) is 11.8 Å². The minimum atomic E-state index is -1.07. The van der Waals surface area contributed by atoms with Gasteiger partial charge in [0.1, 0.15) is 6.26 Å². The van der Waals surface area contributed by atoms with Gasteiger partial charge in [0.15, 0.2) is 4.90 Å². The largest absolute Gasteiger partial charge is 0.612 e. The van der Waals surface area contributed by atoms with E-state index in [1.807, 2.05) is 31.2 Å². The third kappa shape index (κ3) is 3.76. The molecule has 2 aromatic carbocycles. The summed E-state index contributed by atoms with van der Waals surface area (Å²) in [5.41, 5.74) is 2.37. The molecule has 0 bridgehead atoms. The molecule has 4 nitrogen and oxygen atoms in total. The quantitative estimate of drug-likeness (QED) is 0.850. The van der Waals surface area contributed by atoms with Crippen LogP contribution < -0.4 is 10.6 Å². The number of amides is 2. The molecule has 20 heavy (non-hydrogen) atoms. The van der Waals surface area contributed by atoms with E-state index in [4.69, 9.17) is 0 Å². The first-order chi connectivity index (χ1) is 9.56. The second-order valence-corrected chi connectivity index (χ2v) is 5.76. The molecule has 2 aromatic rings. The van der Waals surface area contributed by atoms with Gasteiger partial charge in [-0.25, -0.2) is 4.79 Å². The number of carbonyl (C=O) groups excluding carboxylic acids is 1.